The van der Waals surface area contributed by atoms with Gasteiger partial charge < -0.3 is 24.6 Å². The fourth-order valence-electron chi connectivity index (χ4n) is 5.78. The van der Waals surface area contributed by atoms with Crippen LogP contribution in [-0.4, -0.2) is 65.7 Å². The lowest BCUT2D eigenvalue weighted by Crippen LogP contribution is -2.29. The number of carbonyl (C=O) groups is 2. The van der Waals surface area contributed by atoms with E-state index in [-0.39, 0.29) is 19.4 Å². The minimum Gasteiger partial charge on any atom is -0.462 e. The van der Waals surface area contributed by atoms with E-state index in [4.69, 9.17) is 19.1 Å². The molecule has 0 heterocycles. The molecule has 330 valence electrons. The fraction of sp³-hybridized carbons (Fsp3) is 0.739. The summed E-state index contributed by atoms with van der Waals surface area (Å²) in [6.45, 7) is 2.23. The first-order chi connectivity index (χ1) is 27.7. The maximum atomic E-state index is 12.6. The molecule has 0 fully saturated rings. The maximum Gasteiger partial charge on any atom is 0.472 e. The molecule has 0 bridgehead atoms. The van der Waals surface area contributed by atoms with E-state index in [0.29, 0.717) is 12.8 Å². The van der Waals surface area contributed by atoms with Crippen molar-refractivity contribution in [3.63, 3.8) is 0 Å². The van der Waals surface area contributed by atoms with E-state index >= 15 is 0 Å². The van der Waals surface area contributed by atoms with Gasteiger partial charge in [-0.05, 0) is 57.8 Å². The van der Waals surface area contributed by atoms with Crippen LogP contribution in [0.3, 0.4) is 0 Å². The average molecular weight is 825 g/mol. The molecule has 3 N–H and O–H groups in total. The van der Waals surface area contributed by atoms with Crippen LogP contribution < -0.4 is 0 Å². The van der Waals surface area contributed by atoms with Crippen LogP contribution in [0.2, 0.25) is 0 Å². The van der Waals surface area contributed by atoms with Crippen molar-refractivity contribution < 1.29 is 47.8 Å². The van der Waals surface area contributed by atoms with Crippen LogP contribution in [0.1, 0.15) is 181 Å². The topological polar surface area (TPSA) is 149 Å². The Kier molecular flexibility index (Phi) is 40.1. The van der Waals surface area contributed by atoms with Crippen molar-refractivity contribution in [1.29, 1.82) is 0 Å². The SMILES string of the molecule is CC/C=C\C/C=C\C/C=C\C/C=C\C/C=C\CCCCCC(=O)O[C@H](COC(=O)CCCCCCCCCCCCCCCCC)COP(=O)(O)OC[C@@H](O)CO. The largest absolute Gasteiger partial charge is 0.472 e. The van der Waals surface area contributed by atoms with Gasteiger partial charge in [0.15, 0.2) is 6.10 Å². The second kappa shape index (κ2) is 41.8. The van der Waals surface area contributed by atoms with Crippen LogP contribution in [0, 0.1) is 0 Å². The van der Waals surface area contributed by atoms with Gasteiger partial charge in [0.05, 0.1) is 19.8 Å². The van der Waals surface area contributed by atoms with E-state index < -0.39 is 51.8 Å². The van der Waals surface area contributed by atoms with Crippen molar-refractivity contribution in [3.8, 4) is 0 Å². The number of hydrogen-bond donors (Lipinski definition) is 3. The molecular weight excluding hydrogens is 743 g/mol. The number of unbranched alkanes of at least 4 members (excludes halogenated alkanes) is 17. The molecule has 10 nitrogen and oxygen atoms in total. The Labute approximate surface area is 346 Å². The van der Waals surface area contributed by atoms with Crippen LogP contribution in [0.25, 0.3) is 0 Å². The Bertz CT molecular complexity index is 1130. The molecule has 0 aromatic heterocycles. The summed E-state index contributed by atoms with van der Waals surface area (Å²) >= 11 is 0. The molecule has 0 aromatic carbocycles. The quantitative estimate of drug-likeness (QED) is 0.0235. The van der Waals surface area contributed by atoms with Gasteiger partial charge in [-0.25, -0.2) is 4.57 Å². The number of carbonyl (C=O) groups excluding carboxylic acids is 2. The first-order valence-electron chi connectivity index (χ1n) is 22.2. The average Bonchev–Trinajstić information content (AvgIpc) is 3.20. The Morgan fingerprint density at radius 2 is 0.965 bits per heavy atom. The van der Waals surface area contributed by atoms with Crippen LogP contribution in [0.5, 0.6) is 0 Å². The molecule has 1 unspecified atom stereocenters. The lowest BCUT2D eigenvalue weighted by molar-refractivity contribution is -0.161. The zero-order chi connectivity index (χ0) is 41.9. The number of allylic oxidation sites excluding steroid dienone is 10. The summed E-state index contributed by atoms with van der Waals surface area (Å²) in [6, 6.07) is 0. The van der Waals surface area contributed by atoms with E-state index in [0.717, 1.165) is 70.6 Å². The Balaban J connectivity index is 4.35. The van der Waals surface area contributed by atoms with Crippen LogP contribution in [0.4, 0.5) is 0 Å². The summed E-state index contributed by atoms with van der Waals surface area (Å²) in [7, 11) is -4.63. The molecule has 0 radical (unpaired) electrons. The highest BCUT2D eigenvalue weighted by Crippen LogP contribution is 2.43. The first kappa shape index (κ1) is 54.7. The second-order valence-corrected chi connectivity index (χ2v) is 16.2. The number of ether oxygens (including phenoxy) is 2. The smallest absolute Gasteiger partial charge is 0.462 e. The van der Waals surface area contributed by atoms with Crippen molar-refractivity contribution in [2.45, 2.75) is 193 Å². The van der Waals surface area contributed by atoms with Gasteiger partial charge in [0.25, 0.3) is 0 Å². The number of rotatable bonds is 41. The fourth-order valence-corrected chi connectivity index (χ4v) is 6.57. The van der Waals surface area contributed by atoms with E-state index in [2.05, 4.69) is 79.1 Å². The molecule has 0 amide bonds. The van der Waals surface area contributed by atoms with Crippen LogP contribution in [0.15, 0.2) is 60.8 Å². The standard InChI is InChI=1S/C46H81O10P/c1-3-5-7-9-11-13-15-17-19-20-21-22-24-26-28-30-32-34-36-38-46(50)56-44(42-55-57(51,52)54-40-43(48)39-47)41-53-45(49)37-35-33-31-29-27-25-23-18-16-14-12-10-8-6-4-2/h5,7,11,13,17,19,21-22,26,28,43-44,47-48H,3-4,6,8-10,12,14-16,18,20,23-25,27,29-42H2,1-2H3,(H,51,52)/b7-5-,13-11-,19-17-,22-21-,28-26-/t43-,44+/m0/s1. The van der Waals surface area contributed by atoms with Gasteiger partial charge in [-0.1, -0.05) is 171 Å². The minimum atomic E-state index is -4.63. The number of aliphatic hydroxyl groups is 2. The highest BCUT2D eigenvalue weighted by Gasteiger charge is 2.27. The lowest BCUT2D eigenvalue weighted by atomic mass is 10.0. The third-order valence-corrected chi connectivity index (χ3v) is 10.1. The van der Waals surface area contributed by atoms with E-state index in [1.165, 1.54) is 70.6 Å². The first-order valence-corrected chi connectivity index (χ1v) is 23.7. The Morgan fingerprint density at radius 1 is 0.544 bits per heavy atom. The molecule has 0 saturated heterocycles. The summed E-state index contributed by atoms with van der Waals surface area (Å²) < 4.78 is 32.7. The zero-order valence-electron chi connectivity index (χ0n) is 35.8. The van der Waals surface area contributed by atoms with Gasteiger partial charge in [0.2, 0.25) is 0 Å². The Morgan fingerprint density at radius 3 is 1.46 bits per heavy atom. The highest BCUT2D eigenvalue weighted by molar-refractivity contribution is 7.47. The summed E-state index contributed by atoms with van der Waals surface area (Å²) in [5.41, 5.74) is 0. The van der Waals surface area contributed by atoms with E-state index in [9.17, 15) is 24.2 Å². The van der Waals surface area contributed by atoms with Gasteiger partial charge in [-0.3, -0.25) is 18.6 Å². The van der Waals surface area contributed by atoms with Crippen molar-refractivity contribution in [2.75, 3.05) is 26.4 Å². The number of hydrogen-bond acceptors (Lipinski definition) is 9. The molecule has 0 aliphatic heterocycles. The minimum absolute atomic E-state index is 0.144. The van der Waals surface area contributed by atoms with Gasteiger partial charge in [-0.2, -0.15) is 0 Å². The summed E-state index contributed by atoms with van der Waals surface area (Å²) in [4.78, 5) is 35.0. The molecule has 0 aliphatic carbocycles. The van der Waals surface area contributed by atoms with Crippen molar-refractivity contribution >= 4 is 19.8 Å². The lowest BCUT2D eigenvalue weighted by Gasteiger charge is -2.20. The number of aliphatic hydroxyl groups excluding tert-OH is 2. The van der Waals surface area contributed by atoms with E-state index in [1.54, 1.807) is 0 Å². The molecule has 0 spiro atoms. The molecule has 3 atom stereocenters. The highest BCUT2D eigenvalue weighted by atomic mass is 31.2. The van der Waals surface area contributed by atoms with Gasteiger partial charge in [0.1, 0.15) is 12.7 Å². The maximum absolute atomic E-state index is 12.6. The monoisotopic (exact) mass is 825 g/mol. The molecule has 0 rings (SSSR count). The van der Waals surface area contributed by atoms with Crippen molar-refractivity contribution in [2.24, 2.45) is 0 Å². The second-order valence-electron chi connectivity index (χ2n) is 14.7. The summed E-state index contributed by atoms with van der Waals surface area (Å²) in [5, 5.41) is 18.3. The molecule has 0 saturated carbocycles. The van der Waals surface area contributed by atoms with Gasteiger partial charge in [-0.15, -0.1) is 0 Å². The molecule has 0 aliphatic rings. The number of phosphoric ester groups is 1. The normalized spacial score (nSPS) is 14.4. The van der Waals surface area contributed by atoms with Crippen LogP contribution in [-0.2, 0) is 32.7 Å². The number of phosphoric acid groups is 1. The van der Waals surface area contributed by atoms with Gasteiger partial charge in [0, 0.05) is 12.8 Å². The van der Waals surface area contributed by atoms with E-state index in [1.807, 2.05) is 0 Å². The molecular formula is C46H81O10P. The number of esters is 2. The molecule has 57 heavy (non-hydrogen) atoms. The molecule has 11 heteroatoms. The van der Waals surface area contributed by atoms with Crippen LogP contribution >= 0.6 is 7.82 Å². The summed E-state index contributed by atoms with van der Waals surface area (Å²) in [6.07, 6.45) is 46.1. The van der Waals surface area contributed by atoms with Crippen molar-refractivity contribution in [1.82, 2.24) is 0 Å². The van der Waals surface area contributed by atoms with Crippen molar-refractivity contribution in [3.05, 3.63) is 60.8 Å². The Hall–Kier alpha value is -2.33. The predicted octanol–water partition coefficient (Wildman–Crippen LogP) is 11.9. The third-order valence-electron chi connectivity index (χ3n) is 9.19. The predicted molar refractivity (Wildman–Crippen MR) is 233 cm³/mol. The molecule has 0 aromatic rings. The summed E-state index contributed by atoms with van der Waals surface area (Å²) in [5.74, 6) is -0.961. The van der Waals surface area contributed by atoms with Gasteiger partial charge >= 0.3 is 19.8 Å². The third kappa shape index (κ3) is 41.6. The zero-order valence-corrected chi connectivity index (χ0v) is 36.7.